The van der Waals surface area contributed by atoms with E-state index < -0.39 is 0 Å². The lowest BCUT2D eigenvalue weighted by Gasteiger charge is -2.29. The van der Waals surface area contributed by atoms with E-state index in [1.807, 2.05) is 11.8 Å². The Kier molecular flexibility index (Phi) is 3.48. The largest absolute Gasteiger partial charge is 0.326 e. The molecule has 0 aliphatic heterocycles. The Bertz CT molecular complexity index is 298. The maximum atomic E-state index is 12.3. The lowest BCUT2D eigenvalue weighted by molar-refractivity contribution is -0.137. The van der Waals surface area contributed by atoms with Gasteiger partial charge >= 0.3 is 0 Å². The van der Waals surface area contributed by atoms with Gasteiger partial charge in [0.1, 0.15) is 6.54 Å². The van der Waals surface area contributed by atoms with E-state index in [1.54, 1.807) is 0 Å². The molecule has 2 aliphatic carbocycles. The number of hydrogen-bond acceptors (Lipinski definition) is 2. The zero-order valence-electron chi connectivity index (χ0n) is 9.98. The van der Waals surface area contributed by atoms with Crippen molar-refractivity contribution < 1.29 is 4.79 Å². The van der Waals surface area contributed by atoms with E-state index in [2.05, 4.69) is 6.07 Å². The van der Waals surface area contributed by atoms with Crippen molar-refractivity contribution in [1.82, 2.24) is 4.90 Å². The summed E-state index contributed by atoms with van der Waals surface area (Å²) in [6, 6.07) is 2.49. The fourth-order valence-corrected chi connectivity index (χ4v) is 2.74. The first-order valence-corrected chi connectivity index (χ1v) is 6.41. The van der Waals surface area contributed by atoms with Gasteiger partial charge < -0.3 is 4.90 Å². The van der Waals surface area contributed by atoms with Gasteiger partial charge in [0.05, 0.1) is 6.07 Å². The number of nitriles is 1. The van der Waals surface area contributed by atoms with Crippen LogP contribution in [0, 0.1) is 23.2 Å². The van der Waals surface area contributed by atoms with Crippen LogP contribution in [0.3, 0.4) is 0 Å². The molecule has 0 radical (unpaired) electrons. The van der Waals surface area contributed by atoms with E-state index in [-0.39, 0.29) is 18.4 Å². The average Bonchev–Trinajstić information content (AvgIpc) is 3.00. The van der Waals surface area contributed by atoms with E-state index in [0.717, 1.165) is 12.8 Å². The zero-order chi connectivity index (χ0) is 11.5. The molecule has 0 bridgehead atoms. The van der Waals surface area contributed by atoms with Gasteiger partial charge in [-0.3, -0.25) is 4.79 Å². The van der Waals surface area contributed by atoms with Gasteiger partial charge in [-0.2, -0.15) is 5.26 Å². The minimum absolute atomic E-state index is 0.133. The number of nitrogens with zero attached hydrogens (tertiary/aromatic N) is 2. The van der Waals surface area contributed by atoms with Crippen molar-refractivity contribution in [3.05, 3.63) is 0 Å². The van der Waals surface area contributed by atoms with E-state index >= 15 is 0 Å². The fourth-order valence-electron chi connectivity index (χ4n) is 2.74. The Morgan fingerprint density at radius 1 is 1.38 bits per heavy atom. The molecule has 0 aromatic rings. The highest BCUT2D eigenvalue weighted by Gasteiger charge is 2.37. The van der Waals surface area contributed by atoms with Crippen LogP contribution in [-0.4, -0.2) is 23.4 Å². The molecule has 2 fully saturated rings. The molecule has 1 unspecified atom stereocenters. The first-order valence-electron chi connectivity index (χ1n) is 6.41. The Morgan fingerprint density at radius 3 is 2.50 bits per heavy atom. The SMILES string of the molecule is CC(C(=O)N(CC#N)C1CCCC1)C1CC1. The van der Waals surface area contributed by atoms with E-state index in [9.17, 15) is 4.79 Å². The topological polar surface area (TPSA) is 44.1 Å². The lowest BCUT2D eigenvalue weighted by Crippen LogP contribution is -2.42. The third-order valence-corrected chi connectivity index (χ3v) is 4.01. The molecule has 0 heterocycles. The normalized spacial score (nSPS) is 22.8. The second-order valence-corrected chi connectivity index (χ2v) is 5.19. The minimum Gasteiger partial charge on any atom is -0.326 e. The fraction of sp³-hybridized carbons (Fsp3) is 0.846. The van der Waals surface area contributed by atoms with Gasteiger partial charge in [-0.25, -0.2) is 0 Å². The van der Waals surface area contributed by atoms with E-state index in [4.69, 9.17) is 5.26 Å². The van der Waals surface area contributed by atoms with Gasteiger partial charge in [-0.15, -0.1) is 0 Å². The maximum absolute atomic E-state index is 12.3. The molecule has 16 heavy (non-hydrogen) atoms. The molecule has 1 atom stereocenters. The zero-order valence-corrected chi connectivity index (χ0v) is 9.98. The first-order chi connectivity index (χ1) is 7.74. The van der Waals surface area contributed by atoms with E-state index in [1.165, 1.54) is 25.7 Å². The standard InChI is InChI=1S/C13H20N2O/c1-10(11-6-7-11)13(16)15(9-8-14)12-4-2-3-5-12/h10-12H,2-7,9H2,1H3. The van der Waals surface area contributed by atoms with Gasteiger partial charge in [0.25, 0.3) is 0 Å². The third kappa shape index (κ3) is 2.37. The van der Waals surface area contributed by atoms with Crippen LogP contribution in [-0.2, 0) is 4.79 Å². The van der Waals surface area contributed by atoms with Crippen LogP contribution >= 0.6 is 0 Å². The number of hydrogen-bond donors (Lipinski definition) is 0. The molecule has 3 heteroatoms. The number of rotatable bonds is 4. The van der Waals surface area contributed by atoms with Gasteiger partial charge in [0, 0.05) is 12.0 Å². The summed E-state index contributed by atoms with van der Waals surface area (Å²) in [5, 5.41) is 8.84. The maximum Gasteiger partial charge on any atom is 0.226 e. The highest BCUT2D eigenvalue weighted by atomic mass is 16.2. The van der Waals surface area contributed by atoms with Gasteiger partial charge in [0.2, 0.25) is 5.91 Å². The monoisotopic (exact) mass is 220 g/mol. The molecule has 2 aliphatic rings. The molecular weight excluding hydrogens is 200 g/mol. The summed E-state index contributed by atoms with van der Waals surface area (Å²) >= 11 is 0. The average molecular weight is 220 g/mol. The number of carbonyl (C=O) groups excluding carboxylic acids is 1. The van der Waals surface area contributed by atoms with Crippen LogP contribution in [0.2, 0.25) is 0 Å². The second kappa shape index (κ2) is 4.86. The molecule has 0 aromatic carbocycles. The second-order valence-electron chi connectivity index (χ2n) is 5.19. The highest BCUT2D eigenvalue weighted by Crippen LogP contribution is 2.38. The van der Waals surface area contributed by atoms with Crippen LogP contribution in [0.5, 0.6) is 0 Å². The van der Waals surface area contributed by atoms with E-state index in [0.29, 0.717) is 12.0 Å². The summed E-state index contributed by atoms with van der Waals surface area (Å²) in [6.45, 7) is 2.31. The lowest BCUT2D eigenvalue weighted by atomic mass is 10.0. The Morgan fingerprint density at radius 2 is 2.00 bits per heavy atom. The summed E-state index contributed by atoms with van der Waals surface area (Å²) in [5.74, 6) is 0.944. The van der Waals surface area contributed by atoms with Crippen LogP contribution in [0.25, 0.3) is 0 Å². The van der Waals surface area contributed by atoms with Crippen molar-refractivity contribution in [2.75, 3.05) is 6.54 Å². The summed E-state index contributed by atoms with van der Waals surface area (Å²) in [6.07, 6.45) is 6.97. The van der Waals surface area contributed by atoms with Crippen molar-refractivity contribution in [3.8, 4) is 6.07 Å². The molecule has 2 saturated carbocycles. The molecule has 1 amide bonds. The van der Waals surface area contributed by atoms with Crippen LogP contribution in [0.15, 0.2) is 0 Å². The molecule has 0 aromatic heterocycles. The van der Waals surface area contributed by atoms with Crippen molar-refractivity contribution >= 4 is 5.91 Å². The molecule has 0 spiro atoms. The molecule has 88 valence electrons. The number of amides is 1. The predicted molar refractivity (Wildman–Crippen MR) is 61.5 cm³/mol. The molecule has 0 saturated heterocycles. The predicted octanol–water partition coefficient (Wildman–Crippen LogP) is 2.33. The van der Waals surface area contributed by atoms with Crippen LogP contribution < -0.4 is 0 Å². The minimum atomic E-state index is 0.133. The Labute approximate surface area is 97.4 Å². The summed E-state index contributed by atoms with van der Waals surface area (Å²) in [7, 11) is 0. The molecule has 0 N–H and O–H groups in total. The van der Waals surface area contributed by atoms with Gasteiger partial charge in [-0.05, 0) is 31.6 Å². The quantitative estimate of drug-likeness (QED) is 0.682. The number of carbonyl (C=O) groups is 1. The van der Waals surface area contributed by atoms with Crippen molar-refractivity contribution in [1.29, 1.82) is 5.26 Å². The molecule has 3 nitrogen and oxygen atoms in total. The van der Waals surface area contributed by atoms with Crippen LogP contribution in [0.4, 0.5) is 0 Å². The smallest absolute Gasteiger partial charge is 0.226 e. The Hall–Kier alpha value is -1.04. The molecular formula is C13H20N2O. The third-order valence-electron chi connectivity index (χ3n) is 4.01. The first kappa shape index (κ1) is 11.4. The van der Waals surface area contributed by atoms with Crippen molar-refractivity contribution in [2.45, 2.75) is 51.5 Å². The Balaban J connectivity index is 1.99. The summed E-state index contributed by atoms with van der Waals surface area (Å²) < 4.78 is 0. The summed E-state index contributed by atoms with van der Waals surface area (Å²) in [4.78, 5) is 14.1. The van der Waals surface area contributed by atoms with Crippen molar-refractivity contribution in [2.24, 2.45) is 11.8 Å². The van der Waals surface area contributed by atoms with Gasteiger partial charge in [0.15, 0.2) is 0 Å². The van der Waals surface area contributed by atoms with Crippen LogP contribution in [0.1, 0.15) is 45.4 Å². The summed E-state index contributed by atoms with van der Waals surface area (Å²) in [5.41, 5.74) is 0. The highest BCUT2D eigenvalue weighted by molar-refractivity contribution is 5.79. The van der Waals surface area contributed by atoms with Crippen molar-refractivity contribution in [3.63, 3.8) is 0 Å². The molecule has 2 rings (SSSR count). The van der Waals surface area contributed by atoms with Gasteiger partial charge in [-0.1, -0.05) is 19.8 Å².